The van der Waals surface area contributed by atoms with Gasteiger partial charge in [0.25, 0.3) is 0 Å². The van der Waals surface area contributed by atoms with E-state index in [2.05, 4.69) is 14.7 Å². The molecule has 0 aliphatic carbocycles. The zero-order valence-corrected chi connectivity index (χ0v) is 25.6. The quantitative estimate of drug-likeness (QED) is 0.239. The normalized spacial score (nSPS) is 19.0. The zero-order chi connectivity index (χ0) is 29.9. The first-order chi connectivity index (χ1) is 21.1. The fourth-order valence-corrected chi connectivity index (χ4v) is 6.45. The van der Waals surface area contributed by atoms with Crippen molar-refractivity contribution >= 4 is 0 Å². The number of ether oxygens (including phenoxy) is 3. The van der Waals surface area contributed by atoms with Crippen molar-refractivity contribution in [2.75, 3.05) is 78.7 Å². The number of rotatable bonds is 14. The minimum atomic E-state index is -1.21. The molecule has 3 fully saturated rings. The number of hydrogen-bond acceptors (Lipinski definition) is 6. The Kier molecular flexibility index (Phi) is 12.3. The van der Waals surface area contributed by atoms with Gasteiger partial charge in [-0.05, 0) is 95.5 Å². The van der Waals surface area contributed by atoms with E-state index in [0.717, 1.165) is 58.9 Å². The molecule has 0 aromatic heterocycles. The molecule has 0 spiro atoms. The highest BCUT2D eigenvalue weighted by atomic mass is 19.1. The van der Waals surface area contributed by atoms with Crippen LogP contribution in [-0.4, -0.2) is 93.4 Å². The van der Waals surface area contributed by atoms with Crippen LogP contribution in [0, 0.1) is 11.6 Å². The molecule has 2 aromatic carbocycles. The summed E-state index contributed by atoms with van der Waals surface area (Å²) in [6.45, 7) is 8.85. The smallest absolute Gasteiger partial charge is 0.134 e. The Bertz CT molecular complexity index is 1080. The first-order valence-electron chi connectivity index (χ1n) is 16.4. The molecule has 0 atom stereocenters. The summed E-state index contributed by atoms with van der Waals surface area (Å²) in [5, 5.41) is 0. The van der Waals surface area contributed by atoms with Crippen LogP contribution in [0.5, 0.6) is 17.2 Å². The third kappa shape index (κ3) is 9.25. The lowest BCUT2D eigenvalue weighted by Crippen LogP contribution is -2.33. The summed E-state index contributed by atoms with van der Waals surface area (Å²) in [6.07, 6.45) is 10.9. The van der Waals surface area contributed by atoms with E-state index in [-0.39, 0.29) is 5.56 Å². The number of likely N-dealkylation sites (tertiary alicyclic amines) is 3. The van der Waals surface area contributed by atoms with Crippen molar-refractivity contribution in [3.8, 4) is 28.4 Å². The Morgan fingerprint density at radius 3 is 1.33 bits per heavy atom. The number of piperidine rings is 3. The van der Waals surface area contributed by atoms with E-state index in [1.807, 2.05) is 0 Å². The first kappa shape index (κ1) is 31.9. The van der Waals surface area contributed by atoms with E-state index in [1.165, 1.54) is 69.9 Å². The molecule has 5 rings (SSSR count). The lowest BCUT2D eigenvalue weighted by atomic mass is 10.0. The third-order valence-electron chi connectivity index (χ3n) is 8.96. The van der Waals surface area contributed by atoms with Gasteiger partial charge in [-0.25, -0.2) is 13.2 Å². The van der Waals surface area contributed by atoms with Gasteiger partial charge in [0.15, 0.2) is 0 Å². The van der Waals surface area contributed by atoms with E-state index in [9.17, 15) is 13.2 Å². The SMILES string of the molecule is FCc1c(F)cc(-c2c(OCCN3CCCCC3)cc(OCCN3CCCCC3)cc2OCCN2CCCCC2)cc1F. The molecule has 3 aliphatic rings. The molecule has 0 bridgehead atoms. The van der Waals surface area contributed by atoms with Gasteiger partial charge in [0.2, 0.25) is 0 Å². The van der Waals surface area contributed by atoms with Crippen molar-refractivity contribution in [1.82, 2.24) is 14.7 Å². The number of hydrogen-bond donors (Lipinski definition) is 0. The summed E-state index contributed by atoms with van der Waals surface area (Å²) in [4.78, 5) is 7.18. The maximum atomic E-state index is 14.9. The van der Waals surface area contributed by atoms with Gasteiger partial charge < -0.3 is 14.2 Å². The highest BCUT2D eigenvalue weighted by Gasteiger charge is 2.22. The van der Waals surface area contributed by atoms with E-state index in [1.54, 1.807) is 12.1 Å². The lowest BCUT2D eigenvalue weighted by molar-refractivity contribution is 0.175. The molecule has 3 saturated heterocycles. The summed E-state index contributed by atoms with van der Waals surface area (Å²) in [5.41, 5.74) is 0.151. The van der Waals surface area contributed by atoms with Crippen LogP contribution in [0.4, 0.5) is 13.2 Å². The number of alkyl halides is 1. The van der Waals surface area contributed by atoms with Gasteiger partial charge >= 0.3 is 0 Å². The summed E-state index contributed by atoms with van der Waals surface area (Å²) < 4.78 is 62.1. The van der Waals surface area contributed by atoms with Gasteiger partial charge in [-0.2, -0.15) is 0 Å². The van der Waals surface area contributed by atoms with E-state index < -0.39 is 23.9 Å². The van der Waals surface area contributed by atoms with Crippen LogP contribution in [0.3, 0.4) is 0 Å². The van der Waals surface area contributed by atoms with Gasteiger partial charge in [-0.1, -0.05) is 19.3 Å². The first-order valence-corrected chi connectivity index (χ1v) is 16.4. The molecule has 3 heterocycles. The van der Waals surface area contributed by atoms with Gasteiger partial charge in [-0.15, -0.1) is 0 Å². The summed E-state index contributed by atoms with van der Waals surface area (Å²) in [6, 6.07) is 5.97. The summed E-state index contributed by atoms with van der Waals surface area (Å²) in [7, 11) is 0. The Hall–Kier alpha value is -2.49. The third-order valence-corrected chi connectivity index (χ3v) is 8.96. The predicted octanol–water partition coefficient (Wildman–Crippen LogP) is 6.70. The molecule has 2 aromatic rings. The second kappa shape index (κ2) is 16.5. The topological polar surface area (TPSA) is 37.4 Å². The molecule has 0 radical (unpaired) electrons. The molecule has 0 unspecified atom stereocenters. The maximum Gasteiger partial charge on any atom is 0.134 e. The van der Waals surface area contributed by atoms with Gasteiger partial charge in [0, 0.05) is 31.8 Å². The van der Waals surface area contributed by atoms with Crippen LogP contribution in [-0.2, 0) is 6.67 Å². The van der Waals surface area contributed by atoms with Crippen molar-refractivity contribution in [3.05, 3.63) is 41.5 Å². The minimum absolute atomic E-state index is 0.257. The molecule has 43 heavy (non-hydrogen) atoms. The highest BCUT2D eigenvalue weighted by Crippen LogP contribution is 2.43. The fraction of sp³-hybridized carbons (Fsp3) is 0.647. The molecular formula is C34H48F3N3O3. The molecular weight excluding hydrogens is 555 g/mol. The van der Waals surface area contributed by atoms with Crippen LogP contribution in [0.1, 0.15) is 63.4 Å². The van der Waals surface area contributed by atoms with Crippen LogP contribution in [0.2, 0.25) is 0 Å². The highest BCUT2D eigenvalue weighted by molar-refractivity contribution is 5.78. The predicted molar refractivity (Wildman–Crippen MR) is 164 cm³/mol. The average Bonchev–Trinajstić information content (AvgIpc) is 3.02. The van der Waals surface area contributed by atoms with Crippen LogP contribution >= 0.6 is 0 Å². The lowest BCUT2D eigenvalue weighted by Gasteiger charge is -2.28. The molecule has 3 aliphatic heterocycles. The molecule has 238 valence electrons. The summed E-state index contributed by atoms with van der Waals surface area (Å²) in [5.74, 6) is -0.335. The van der Waals surface area contributed by atoms with Crippen molar-refractivity contribution in [1.29, 1.82) is 0 Å². The van der Waals surface area contributed by atoms with E-state index in [4.69, 9.17) is 14.2 Å². The maximum absolute atomic E-state index is 14.9. The van der Waals surface area contributed by atoms with Gasteiger partial charge in [0.1, 0.15) is 55.4 Å². The van der Waals surface area contributed by atoms with Gasteiger partial charge in [-0.3, -0.25) is 14.7 Å². The minimum Gasteiger partial charge on any atom is -0.492 e. The van der Waals surface area contributed by atoms with E-state index >= 15 is 0 Å². The monoisotopic (exact) mass is 603 g/mol. The molecule has 0 amide bonds. The Labute approximate surface area is 255 Å². The van der Waals surface area contributed by atoms with Gasteiger partial charge in [0.05, 0.1) is 11.1 Å². The summed E-state index contributed by atoms with van der Waals surface area (Å²) >= 11 is 0. The van der Waals surface area contributed by atoms with Crippen LogP contribution in [0.15, 0.2) is 24.3 Å². The zero-order valence-electron chi connectivity index (χ0n) is 25.6. The number of benzene rings is 2. The number of halogens is 3. The van der Waals surface area contributed by atoms with Crippen molar-refractivity contribution < 1.29 is 27.4 Å². The van der Waals surface area contributed by atoms with Crippen molar-refractivity contribution in [3.63, 3.8) is 0 Å². The molecule has 0 saturated carbocycles. The largest absolute Gasteiger partial charge is 0.492 e. The molecule has 0 N–H and O–H groups in total. The second-order valence-electron chi connectivity index (χ2n) is 12.1. The fourth-order valence-electron chi connectivity index (χ4n) is 6.45. The standard InChI is InChI=1S/C34H48F3N3O3/c35-26-29-30(36)22-27(23-31(29)37)34-32(42-20-17-39-12-6-2-7-13-39)24-28(41-19-16-38-10-4-1-5-11-38)25-33(34)43-21-18-40-14-8-3-9-15-40/h22-25H,1-21,26H2. The second-order valence-corrected chi connectivity index (χ2v) is 12.1. The van der Waals surface area contributed by atoms with Crippen molar-refractivity contribution in [2.45, 2.75) is 64.5 Å². The average molecular weight is 604 g/mol. The number of nitrogens with zero attached hydrogens (tertiary/aromatic N) is 3. The van der Waals surface area contributed by atoms with Crippen LogP contribution in [0.25, 0.3) is 11.1 Å². The van der Waals surface area contributed by atoms with Crippen LogP contribution < -0.4 is 14.2 Å². The Morgan fingerprint density at radius 1 is 0.535 bits per heavy atom. The molecule has 6 nitrogen and oxygen atoms in total. The Balaban J connectivity index is 1.41. The van der Waals surface area contributed by atoms with Crippen molar-refractivity contribution in [2.24, 2.45) is 0 Å². The molecule has 9 heteroatoms. The van der Waals surface area contributed by atoms with E-state index in [0.29, 0.717) is 42.6 Å². The Morgan fingerprint density at radius 2 is 0.930 bits per heavy atom.